The number of aromatic nitrogens is 1. The summed E-state index contributed by atoms with van der Waals surface area (Å²) in [6.07, 6.45) is 4.52. The molecule has 7 rings (SSSR count). The Bertz CT molecular complexity index is 1530. The molecule has 218 valence electrons. The fourth-order valence-corrected chi connectivity index (χ4v) is 7.40. The number of benzene rings is 2. The Balaban J connectivity index is 1.23. The summed E-state index contributed by atoms with van der Waals surface area (Å²) in [6.45, 7) is 12.4. The third-order valence-corrected chi connectivity index (χ3v) is 10.1. The molecule has 2 aromatic carbocycles. The summed E-state index contributed by atoms with van der Waals surface area (Å²) in [4.78, 5) is 21.0. The highest BCUT2D eigenvalue weighted by molar-refractivity contribution is 5.96. The molecule has 0 unspecified atom stereocenters. The van der Waals surface area contributed by atoms with Crippen molar-refractivity contribution < 1.29 is 8.78 Å². The third-order valence-electron chi connectivity index (χ3n) is 10.1. The molecular formula is C33H41F2N5O. The molecule has 5 atom stereocenters. The number of pyridine rings is 1. The molecule has 4 aliphatic rings. The van der Waals surface area contributed by atoms with Crippen LogP contribution in [0.25, 0.3) is 10.8 Å². The van der Waals surface area contributed by atoms with E-state index in [1.807, 2.05) is 24.3 Å². The Labute approximate surface area is 240 Å². The topological polar surface area (TPSA) is 61.7 Å². The van der Waals surface area contributed by atoms with Gasteiger partial charge in [-0.2, -0.15) is 0 Å². The summed E-state index contributed by atoms with van der Waals surface area (Å²) in [6, 6.07) is 12.0. The van der Waals surface area contributed by atoms with Gasteiger partial charge < -0.3 is 20.1 Å². The van der Waals surface area contributed by atoms with E-state index in [9.17, 15) is 13.6 Å². The zero-order chi connectivity index (χ0) is 28.9. The Kier molecular flexibility index (Phi) is 7.39. The van der Waals surface area contributed by atoms with Crippen LogP contribution >= 0.6 is 0 Å². The molecule has 1 aliphatic heterocycles. The first-order valence-electron chi connectivity index (χ1n) is 15.0. The summed E-state index contributed by atoms with van der Waals surface area (Å²) < 4.78 is 28.9. The Morgan fingerprint density at radius 1 is 1.12 bits per heavy atom. The summed E-state index contributed by atoms with van der Waals surface area (Å²) in [5, 5.41) is 8.61. The average Bonchev–Trinajstić information content (AvgIpc) is 2.94. The third kappa shape index (κ3) is 5.39. The molecule has 6 nitrogen and oxygen atoms in total. The Morgan fingerprint density at radius 2 is 1.95 bits per heavy atom. The first-order valence-corrected chi connectivity index (χ1v) is 15.0. The van der Waals surface area contributed by atoms with Crippen LogP contribution in [0.5, 0.6) is 0 Å². The van der Waals surface area contributed by atoms with Crippen LogP contribution in [-0.4, -0.2) is 47.1 Å². The lowest BCUT2D eigenvalue weighted by Gasteiger charge is -2.61. The van der Waals surface area contributed by atoms with Crippen LogP contribution in [0.3, 0.4) is 0 Å². The van der Waals surface area contributed by atoms with Crippen LogP contribution < -0.4 is 16.2 Å². The molecule has 3 aromatic rings. The molecule has 2 N–H and O–H groups in total. The van der Waals surface area contributed by atoms with Gasteiger partial charge in [-0.25, -0.2) is 13.8 Å². The Morgan fingerprint density at radius 3 is 2.68 bits per heavy atom. The lowest BCUT2D eigenvalue weighted by Crippen LogP contribution is -2.57. The lowest BCUT2D eigenvalue weighted by atomic mass is 9.45. The highest BCUT2D eigenvalue weighted by Gasteiger charge is 2.56. The van der Waals surface area contributed by atoms with E-state index in [0.717, 1.165) is 61.0 Å². The van der Waals surface area contributed by atoms with Gasteiger partial charge in [-0.3, -0.25) is 4.79 Å². The van der Waals surface area contributed by atoms with E-state index >= 15 is 0 Å². The van der Waals surface area contributed by atoms with Crippen LogP contribution in [0, 0.1) is 34.8 Å². The molecule has 3 aliphatic carbocycles. The predicted molar refractivity (Wildman–Crippen MR) is 161 cm³/mol. The second kappa shape index (κ2) is 10.9. The maximum Gasteiger partial charge on any atom is 0.258 e. The van der Waals surface area contributed by atoms with Gasteiger partial charge >= 0.3 is 0 Å². The van der Waals surface area contributed by atoms with Crippen molar-refractivity contribution in [2.45, 2.75) is 65.6 Å². The van der Waals surface area contributed by atoms with Gasteiger partial charge in [0, 0.05) is 55.6 Å². The van der Waals surface area contributed by atoms with Gasteiger partial charge in [0.25, 0.3) is 5.56 Å². The van der Waals surface area contributed by atoms with E-state index in [2.05, 4.69) is 43.2 Å². The van der Waals surface area contributed by atoms with Crippen LogP contribution in [0.1, 0.15) is 46.1 Å². The number of aliphatic imine (C=N–C) groups is 1. The van der Waals surface area contributed by atoms with E-state index in [1.165, 1.54) is 18.6 Å². The molecule has 0 spiro atoms. The normalized spacial score (nSPS) is 27.5. The predicted octanol–water partition coefficient (Wildman–Crippen LogP) is 5.65. The SMILES string of the molecule is C[C@@H]1[C@@H](N=C(Nc2ccc3c(=O)n(CCc4ccc(F)cc4F)ccc3c2)N2CCN[C@@H](C)C2)C[C@@H]2C[C@H]1C2(C)C. The molecule has 2 bridgehead atoms. The number of piperazine rings is 1. The largest absolute Gasteiger partial charge is 0.340 e. The molecule has 4 fully saturated rings. The van der Waals surface area contributed by atoms with E-state index in [0.29, 0.717) is 47.3 Å². The van der Waals surface area contributed by atoms with Gasteiger partial charge in [0.2, 0.25) is 0 Å². The molecule has 0 amide bonds. The minimum Gasteiger partial charge on any atom is -0.340 e. The van der Waals surface area contributed by atoms with Crippen LogP contribution in [0.15, 0.2) is 58.4 Å². The van der Waals surface area contributed by atoms with Crippen LogP contribution in [0.2, 0.25) is 0 Å². The quantitative estimate of drug-likeness (QED) is 0.312. The number of guanidine groups is 1. The van der Waals surface area contributed by atoms with Gasteiger partial charge in [-0.15, -0.1) is 0 Å². The first kappa shape index (κ1) is 27.9. The average molecular weight is 562 g/mol. The van der Waals surface area contributed by atoms with E-state index < -0.39 is 11.6 Å². The van der Waals surface area contributed by atoms with Crippen molar-refractivity contribution in [2.75, 3.05) is 25.0 Å². The van der Waals surface area contributed by atoms with E-state index in [1.54, 1.807) is 10.8 Å². The van der Waals surface area contributed by atoms with Crippen molar-refractivity contribution in [3.8, 4) is 0 Å². The van der Waals surface area contributed by atoms with Gasteiger partial charge in [-0.1, -0.05) is 26.8 Å². The molecule has 0 radical (unpaired) electrons. The molecular weight excluding hydrogens is 520 g/mol. The maximum atomic E-state index is 14.1. The smallest absolute Gasteiger partial charge is 0.258 e. The van der Waals surface area contributed by atoms with E-state index in [-0.39, 0.29) is 5.56 Å². The van der Waals surface area contributed by atoms with Crippen LogP contribution in [-0.2, 0) is 13.0 Å². The number of fused-ring (bicyclic) bond motifs is 3. The van der Waals surface area contributed by atoms with Crippen LogP contribution in [0.4, 0.5) is 14.5 Å². The summed E-state index contributed by atoms with van der Waals surface area (Å²) >= 11 is 0. The number of aryl methyl sites for hydroxylation is 2. The number of halogens is 2. The second-order valence-electron chi connectivity index (χ2n) is 13.0. The minimum absolute atomic E-state index is 0.126. The maximum absolute atomic E-state index is 14.1. The van der Waals surface area contributed by atoms with Crippen molar-refractivity contribution in [3.63, 3.8) is 0 Å². The van der Waals surface area contributed by atoms with Crippen molar-refractivity contribution in [2.24, 2.45) is 28.2 Å². The molecule has 2 heterocycles. The molecule has 3 saturated carbocycles. The van der Waals surface area contributed by atoms with Crippen molar-refractivity contribution in [1.29, 1.82) is 0 Å². The minimum atomic E-state index is -0.605. The standard InChI is InChI=1S/C33H41F2N5O/c1-20-19-40(14-11-36-20)32(38-30-17-24-16-28(21(30)2)33(24,3)4)37-26-7-8-27-23(15-26)10-13-39(31(27)41)12-9-22-5-6-25(34)18-29(22)35/h5-8,10,13,15,18,20-21,24,28,30,36H,9,11-12,14,16-17,19H2,1-4H3,(H,37,38)/t20-,21-,24-,28+,30-/m0/s1. The van der Waals surface area contributed by atoms with Crippen molar-refractivity contribution in [3.05, 3.63) is 76.2 Å². The van der Waals surface area contributed by atoms with Crippen molar-refractivity contribution in [1.82, 2.24) is 14.8 Å². The monoisotopic (exact) mass is 561 g/mol. The van der Waals surface area contributed by atoms with Gasteiger partial charge in [0.15, 0.2) is 5.96 Å². The lowest BCUT2D eigenvalue weighted by molar-refractivity contribution is -0.108. The number of anilines is 1. The second-order valence-corrected chi connectivity index (χ2v) is 13.0. The highest BCUT2D eigenvalue weighted by Crippen LogP contribution is 2.61. The molecule has 8 heteroatoms. The summed E-state index contributed by atoms with van der Waals surface area (Å²) in [5.41, 5.74) is 1.59. The summed E-state index contributed by atoms with van der Waals surface area (Å²) in [5.74, 6) is 1.74. The number of hydrogen-bond acceptors (Lipinski definition) is 3. The van der Waals surface area contributed by atoms with E-state index in [4.69, 9.17) is 4.99 Å². The first-order chi connectivity index (χ1) is 19.6. The zero-order valence-electron chi connectivity index (χ0n) is 24.5. The number of nitrogens with zero attached hydrogens (tertiary/aromatic N) is 3. The molecule has 1 aromatic heterocycles. The number of hydrogen-bond donors (Lipinski definition) is 2. The fraction of sp³-hybridized carbons (Fsp3) is 0.515. The molecule has 1 saturated heterocycles. The number of nitrogens with one attached hydrogen (secondary N) is 2. The van der Waals surface area contributed by atoms with Crippen molar-refractivity contribution >= 4 is 22.4 Å². The van der Waals surface area contributed by atoms with Gasteiger partial charge in [0.05, 0.1) is 6.04 Å². The van der Waals surface area contributed by atoms with Gasteiger partial charge in [-0.05, 0) is 90.6 Å². The number of rotatable bonds is 5. The molecule has 41 heavy (non-hydrogen) atoms. The van der Waals surface area contributed by atoms with Gasteiger partial charge in [0.1, 0.15) is 11.6 Å². The fourth-order valence-electron chi connectivity index (χ4n) is 7.40. The highest BCUT2D eigenvalue weighted by atomic mass is 19.1. The summed E-state index contributed by atoms with van der Waals surface area (Å²) in [7, 11) is 0. The Hall–Kier alpha value is -3.26. The zero-order valence-corrected chi connectivity index (χ0v) is 24.5.